The molecule has 4 rings (SSSR count). The number of carbonyl (C=O) groups excluding carboxylic acids is 1. The molecule has 3 aromatic rings. The summed E-state index contributed by atoms with van der Waals surface area (Å²) < 4.78 is 5.87. The first-order valence-electron chi connectivity index (χ1n) is 9.03. The number of nitrogens with zero attached hydrogens (tertiary/aromatic N) is 1. The first-order valence-corrected chi connectivity index (χ1v) is 9.03. The average Bonchev–Trinajstić information content (AvgIpc) is 3.12. The monoisotopic (exact) mass is 358 g/mol. The van der Waals surface area contributed by atoms with E-state index in [0.29, 0.717) is 5.82 Å². The standard InChI is InChI=1S/C23H22N2O2/c1-22(2,3)27-21(26)23(20-24-14-15-25-20)13-12-16-8-4-5-9-17(16)18-10-6-7-11-19(18)23/h4-15H,1-3H3,(H,24,25). The van der Waals surface area contributed by atoms with E-state index in [2.05, 4.69) is 22.1 Å². The maximum absolute atomic E-state index is 13.6. The van der Waals surface area contributed by atoms with Crippen LogP contribution in [-0.4, -0.2) is 21.5 Å². The Bertz CT molecular complexity index is 1010. The molecule has 4 nitrogen and oxygen atoms in total. The Morgan fingerprint density at radius 2 is 1.74 bits per heavy atom. The van der Waals surface area contributed by atoms with Gasteiger partial charge in [0.25, 0.3) is 0 Å². The zero-order chi connectivity index (χ0) is 19.1. The van der Waals surface area contributed by atoms with E-state index in [1.807, 2.05) is 69.3 Å². The van der Waals surface area contributed by atoms with E-state index in [0.717, 1.165) is 22.3 Å². The van der Waals surface area contributed by atoms with Gasteiger partial charge < -0.3 is 9.72 Å². The number of benzene rings is 2. The molecule has 0 saturated carbocycles. The van der Waals surface area contributed by atoms with Crippen LogP contribution in [0.2, 0.25) is 0 Å². The lowest BCUT2D eigenvalue weighted by molar-refractivity contribution is -0.158. The first-order chi connectivity index (χ1) is 12.9. The molecule has 1 N–H and O–H groups in total. The van der Waals surface area contributed by atoms with Crippen LogP contribution < -0.4 is 0 Å². The lowest BCUT2D eigenvalue weighted by atomic mass is 9.76. The summed E-state index contributed by atoms with van der Waals surface area (Å²) in [4.78, 5) is 21.2. The Hall–Kier alpha value is -3.14. The Labute approximate surface area is 158 Å². The summed E-state index contributed by atoms with van der Waals surface area (Å²) in [7, 11) is 0. The minimum atomic E-state index is -1.15. The van der Waals surface area contributed by atoms with E-state index in [9.17, 15) is 4.79 Å². The minimum absolute atomic E-state index is 0.346. The van der Waals surface area contributed by atoms with Crippen molar-refractivity contribution in [3.63, 3.8) is 0 Å². The topological polar surface area (TPSA) is 55.0 Å². The van der Waals surface area contributed by atoms with E-state index < -0.39 is 11.0 Å². The van der Waals surface area contributed by atoms with Crippen LogP contribution in [0.3, 0.4) is 0 Å². The molecule has 4 heteroatoms. The smallest absolute Gasteiger partial charge is 0.328 e. The highest BCUT2D eigenvalue weighted by atomic mass is 16.6. The van der Waals surface area contributed by atoms with Gasteiger partial charge in [0.2, 0.25) is 0 Å². The van der Waals surface area contributed by atoms with Gasteiger partial charge >= 0.3 is 5.97 Å². The van der Waals surface area contributed by atoms with Crippen molar-refractivity contribution in [3.05, 3.63) is 84.0 Å². The van der Waals surface area contributed by atoms with Crippen LogP contribution in [0.5, 0.6) is 0 Å². The Morgan fingerprint density at radius 1 is 1.04 bits per heavy atom. The van der Waals surface area contributed by atoms with E-state index in [1.54, 1.807) is 12.4 Å². The zero-order valence-corrected chi connectivity index (χ0v) is 15.7. The van der Waals surface area contributed by atoms with Crippen molar-refractivity contribution in [2.45, 2.75) is 31.8 Å². The van der Waals surface area contributed by atoms with E-state index in [4.69, 9.17) is 4.74 Å². The van der Waals surface area contributed by atoms with Crippen molar-refractivity contribution in [1.82, 2.24) is 9.97 Å². The number of hydrogen-bond donors (Lipinski definition) is 1. The fourth-order valence-corrected chi connectivity index (χ4v) is 3.57. The molecule has 1 atom stereocenters. The Morgan fingerprint density at radius 3 is 2.44 bits per heavy atom. The van der Waals surface area contributed by atoms with Gasteiger partial charge in [-0.15, -0.1) is 0 Å². The molecule has 0 aliphatic heterocycles. The number of aromatic nitrogens is 2. The van der Waals surface area contributed by atoms with Gasteiger partial charge in [-0.2, -0.15) is 0 Å². The van der Waals surface area contributed by atoms with Gasteiger partial charge in [0.05, 0.1) is 0 Å². The second-order valence-corrected chi connectivity index (χ2v) is 7.71. The van der Waals surface area contributed by atoms with Gasteiger partial charge in [0.1, 0.15) is 11.4 Å². The normalized spacial score (nSPS) is 18.3. The molecule has 1 heterocycles. The maximum atomic E-state index is 13.6. The van der Waals surface area contributed by atoms with Crippen LogP contribution in [0, 0.1) is 0 Å². The van der Waals surface area contributed by atoms with Gasteiger partial charge in [0.15, 0.2) is 5.41 Å². The summed E-state index contributed by atoms with van der Waals surface area (Å²) in [6.45, 7) is 5.63. The number of esters is 1. The number of rotatable bonds is 2. The van der Waals surface area contributed by atoms with E-state index in [1.165, 1.54) is 0 Å². The molecule has 1 aromatic heterocycles. The summed E-state index contributed by atoms with van der Waals surface area (Å²) >= 11 is 0. The lowest BCUT2D eigenvalue weighted by Gasteiger charge is -2.32. The number of ether oxygens (including phenoxy) is 1. The maximum Gasteiger partial charge on any atom is 0.328 e. The number of hydrogen-bond acceptors (Lipinski definition) is 3. The number of carbonyl (C=O) groups is 1. The van der Waals surface area contributed by atoms with Crippen molar-refractivity contribution in [2.75, 3.05) is 0 Å². The number of fused-ring (bicyclic) bond motifs is 3. The average molecular weight is 358 g/mol. The lowest BCUT2D eigenvalue weighted by Crippen LogP contribution is -2.41. The van der Waals surface area contributed by atoms with Crippen molar-refractivity contribution in [1.29, 1.82) is 0 Å². The third-order valence-electron chi connectivity index (χ3n) is 4.71. The van der Waals surface area contributed by atoms with Crippen LogP contribution in [0.25, 0.3) is 17.2 Å². The zero-order valence-electron chi connectivity index (χ0n) is 15.7. The van der Waals surface area contributed by atoms with Crippen molar-refractivity contribution in [2.24, 2.45) is 0 Å². The highest BCUT2D eigenvalue weighted by Crippen LogP contribution is 2.44. The fraction of sp³-hybridized carbons (Fsp3) is 0.217. The molecule has 0 radical (unpaired) electrons. The summed E-state index contributed by atoms with van der Waals surface area (Å²) in [5.41, 5.74) is 2.24. The van der Waals surface area contributed by atoms with Gasteiger partial charge in [0, 0.05) is 12.4 Å². The first kappa shape index (κ1) is 17.3. The number of imidazole rings is 1. The highest BCUT2D eigenvalue weighted by molar-refractivity contribution is 5.96. The molecule has 0 amide bonds. The quantitative estimate of drug-likeness (QED) is 0.674. The predicted octanol–water partition coefficient (Wildman–Crippen LogP) is 4.73. The third-order valence-corrected chi connectivity index (χ3v) is 4.71. The summed E-state index contributed by atoms with van der Waals surface area (Å²) in [6.07, 6.45) is 7.29. The number of nitrogens with one attached hydrogen (secondary N) is 1. The van der Waals surface area contributed by atoms with Crippen molar-refractivity contribution < 1.29 is 9.53 Å². The Kier molecular flexibility index (Phi) is 3.99. The molecule has 0 spiro atoms. The molecule has 1 unspecified atom stereocenters. The molecule has 2 aromatic carbocycles. The van der Waals surface area contributed by atoms with Gasteiger partial charge in [-0.25, -0.2) is 4.98 Å². The molecule has 0 saturated heterocycles. The fourth-order valence-electron chi connectivity index (χ4n) is 3.57. The second kappa shape index (κ2) is 6.23. The van der Waals surface area contributed by atoms with Gasteiger partial charge in [-0.1, -0.05) is 60.7 Å². The summed E-state index contributed by atoms with van der Waals surface area (Å²) in [5, 5.41) is 0. The van der Waals surface area contributed by atoms with Crippen LogP contribution in [-0.2, 0) is 14.9 Å². The number of H-pyrrole nitrogens is 1. The summed E-state index contributed by atoms with van der Waals surface area (Å²) in [5.74, 6) is 0.203. The Balaban J connectivity index is 2.04. The van der Waals surface area contributed by atoms with Gasteiger partial charge in [-0.05, 0) is 43.0 Å². The molecular formula is C23H22N2O2. The second-order valence-electron chi connectivity index (χ2n) is 7.71. The molecule has 0 fully saturated rings. The molecular weight excluding hydrogens is 336 g/mol. The molecule has 1 aliphatic carbocycles. The van der Waals surface area contributed by atoms with Crippen LogP contribution in [0.4, 0.5) is 0 Å². The largest absolute Gasteiger partial charge is 0.459 e. The molecule has 1 aliphatic rings. The SMILES string of the molecule is CC(C)(C)OC(=O)C1(c2ncc[nH]2)C=Cc2ccccc2-c2ccccc21. The third kappa shape index (κ3) is 2.87. The minimum Gasteiger partial charge on any atom is -0.459 e. The predicted molar refractivity (Wildman–Crippen MR) is 106 cm³/mol. The molecule has 0 bridgehead atoms. The molecule has 27 heavy (non-hydrogen) atoms. The van der Waals surface area contributed by atoms with E-state index in [-0.39, 0.29) is 5.97 Å². The van der Waals surface area contributed by atoms with E-state index >= 15 is 0 Å². The van der Waals surface area contributed by atoms with Crippen LogP contribution >= 0.6 is 0 Å². The summed E-state index contributed by atoms with van der Waals surface area (Å²) in [6, 6.07) is 16.1. The van der Waals surface area contributed by atoms with Crippen molar-refractivity contribution >= 4 is 12.0 Å². The number of aromatic amines is 1. The molecule has 136 valence electrons. The van der Waals surface area contributed by atoms with Crippen molar-refractivity contribution in [3.8, 4) is 11.1 Å². The van der Waals surface area contributed by atoms with Crippen LogP contribution in [0.1, 0.15) is 37.7 Å². The van der Waals surface area contributed by atoms with Gasteiger partial charge in [-0.3, -0.25) is 4.79 Å². The highest BCUT2D eigenvalue weighted by Gasteiger charge is 2.47. The van der Waals surface area contributed by atoms with Crippen LogP contribution in [0.15, 0.2) is 67.0 Å².